The molecule has 0 aliphatic carbocycles. The number of aliphatic hydroxyl groups excluding tert-OH is 1. The van der Waals surface area contributed by atoms with Crippen molar-refractivity contribution < 1.29 is 9.84 Å². The third-order valence-electron chi connectivity index (χ3n) is 5.22. The van der Waals surface area contributed by atoms with E-state index in [1.165, 1.54) is 0 Å². The van der Waals surface area contributed by atoms with Crippen LogP contribution in [0.2, 0.25) is 0 Å². The second kappa shape index (κ2) is 6.63. The Balaban J connectivity index is 1.35. The number of aliphatic hydroxyl groups is 1. The monoisotopic (exact) mass is 328 g/mol. The van der Waals surface area contributed by atoms with Gasteiger partial charge in [0.15, 0.2) is 5.82 Å². The summed E-state index contributed by atoms with van der Waals surface area (Å²) in [5.41, 5.74) is 1.02. The summed E-state index contributed by atoms with van der Waals surface area (Å²) in [4.78, 5) is 7.15. The van der Waals surface area contributed by atoms with Crippen LogP contribution in [0.5, 0.6) is 0 Å². The number of nitrogens with zero attached hydrogens (tertiary/aromatic N) is 3. The number of nitrogens with one attached hydrogen (secondary N) is 1. The number of H-pyrrole nitrogens is 1. The maximum atomic E-state index is 9.58. The molecule has 0 unspecified atom stereocenters. The molecule has 0 bridgehead atoms. The van der Waals surface area contributed by atoms with E-state index in [-0.39, 0.29) is 12.0 Å². The lowest BCUT2D eigenvalue weighted by atomic mass is 9.85. The van der Waals surface area contributed by atoms with Crippen molar-refractivity contribution in [2.45, 2.75) is 18.8 Å². The molecule has 0 amide bonds. The fourth-order valence-electron chi connectivity index (χ4n) is 3.64. The van der Waals surface area contributed by atoms with E-state index in [0.29, 0.717) is 19.1 Å². The molecule has 2 aliphatic heterocycles. The molecule has 3 heterocycles. The number of rotatable bonds is 5. The van der Waals surface area contributed by atoms with Gasteiger partial charge in [0.25, 0.3) is 0 Å². The zero-order valence-electron chi connectivity index (χ0n) is 13.8. The number of aromatic amines is 1. The van der Waals surface area contributed by atoms with Crippen molar-refractivity contribution >= 4 is 0 Å². The summed E-state index contributed by atoms with van der Waals surface area (Å²) >= 11 is 0. The summed E-state index contributed by atoms with van der Waals surface area (Å²) in [5.74, 6) is 2.21. The van der Waals surface area contributed by atoms with Crippen LogP contribution >= 0.6 is 0 Å². The molecule has 0 spiro atoms. The van der Waals surface area contributed by atoms with Gasteiger partial charge in [-0.2, -0.15) is 5.10 Å². The summed E-state index contributed by atoms with van der Waals surface area (Å²) < 4.78 is 5.30. The van der Waals surface area contributed by atoms with E-state index < -0.39 is 0 Å². The molecular weight excluding hydrogens is 304 g/mol. The van der Waals surface area contributed by atoms with Gasteiger partial charge < -0.3 is 14.7 Å². The number of aromatic nitrogens is 3. The van der Waals surface area contributed by atoms with E-state index in [1.54, 1.807) is 0 Å². The van der Waals surface area contributed by atoms with Crippen LogP contribution in [-0.4, -0.2) is 64.6 Å². The van der Waals surface area contributed by atoms with Crippen molar-refractivity contribution in [3.8, 4) is 11.4 Å². The molecule has 4 rings (SSSR count). The Morgan fingerprint density at radius 2 is 1.96 bits per heavy atom. The molecule has 2 aromatic rings. The van der Waals surface area contributed by atoms with Gasteiger partial charge in [0, 0.05) is 18.0 Å². The van der Waals surface area contributed by atoms with Gasteiger partial charge in [-0.25, -0.2) is 4.98 Å². The predicted octanol–water partition coefficient (Wildman–Crippen LogP) is 1.66. The lowest BCUT2D eigenvalue weighted by molar-refractivity contribution is -0.149. The van der Waals surface area contributed by atoms with Crippen molar-refractivity contribution in [2.24, 2.45) is 5.41 Å². The Morgan fingerprint density at radius 3 is 2.58 bits per heavy atom. The van der Waals surface area contributed by atoms with Gasteiger partial charge in [-0.1, -0.05) is 30.3 Å². The lowest BCUT2D eigenvalue weighted by Crippen LogP contribution is -2.54. The molecule has 1 aromatic heterocycles. The van der Waals surface area contributed by atoms with Crippen molar-refractivity contribution in [1.29, 1.82) is 0 Å². The SMILES string of the molecule is OCC1(CN2CCC(c3nc(-c4ccccc4)n[nH]3)CC2)COC1. The molecule has 2 saturated heterocycles. The maximum absolute atomic E-state index is 9.58. The minimum Gasteiger partial charge on any atom is -0.396 e. The Bertz CT molecular complexity index is 655. The molecule has 0 saturated carbocycles. The van der Waals surface area contributed by atoms with Crippen LogP contribution in [-0.2, 0) is 4.74 Å². The molecule has 0 atom stereocenters. The minimum atomic E-state index is -0.0282. The van der Waals surface area contributed by atoms with Crippen LogP contribution in [0.3, 0.4) is 0 Å². The minimum absolute atomic E-state index is 0.0282. The molecule has 2 aliphatic rings. The molecule has 2 N–H and O–H groups in total. The van der Waals surface area contributed by atoms with Crippen LogP contribution in [0.1, 0.15) is 24.6 Å². The van der Waals surface area contributed by atoms with E-state index in [0.717, 1.165) is 49.7 Å². The van der Waals surface area contributed by atoms with Gasteiger partial charge in [0.05, 0.1) is 25.2 Å². The number of piperidine rings is 1. The van der Waals surface area contributed by atoms with Gasteiger partial charge in [-0.3, -0.25) is 5.10 Å². The van der Waals surface area contributed by atoms with Gasteiger partial charge in [0.2, 0.25) is 0 Å². The summed E-state index contributed by atoms with van der Waals surface area (Å²) in [6.45, 7) is 4.59. The van der Waals surface area contributed by atoms with E-state index in [4.69, 9.17) is 9.72 Å². The molecule has 6 nitrogen and oxygen atoms in total. The number of hydrogen-bond acceptors (Lipinski definition) is 5. The molecule has 1 aromatic carbocycles. The molecule has 24 heavy (non-hydrogen) atoms. The first-order valence-corrected chi connectivity index (χ1v) is 8.67. The van der Waals surface area contributed by atoms with Gasteiger partial charge in [-0.05, 0) is 25.9 Å². The van der Waals surface area contributed by atoms with Gasteiger partial charge in [0.1, 0.15) is 5.82 Å². The van der Waals surface area contributed by atoms with Crippen LogP contribution in [0.25, 0.3) is 11.4 Å². The van der Waals surface area contributed by atoms with Crippen LogP contribution in [0.4, 0.5) is 0 Å². The van der Waals surface area contributed by atoms with Gasteiger partial charge >= 0.3 is 0 Å². The summed E-state index contributed by atoms with van der Waals surface area (Å²) in [6, 6.07) is 10.1. The quantitative estimate of drug-likeness (QED) is 0.873. The number of benzene rings is 1. The highest BCUT2D eigenvalue weighted by atomic mass is 16.5. The topological polar surface area (TPSA) is 74.3 Å². The zero-order chi connectivity index (χ0) is 16.4. The normalized spacial score (nSPS) is 21.5. The van der Waals surface area contributed by atoms with E-state index >= 15 is 0 Å². The third kappa shape index (κ3) is 3.09. The Hall–Kier alpha value is -1.76. The van der Waals surface area contributed by atoms with Crippen molar-refractivity contribution in [2.75, 3.05) is 39.5 Å². The predicted molar refractivity (Wildman–Crippen MR) is 90.6 cm³/mol. The van der Waals surface area contributed by atoms with Crippen molar-refractivity contribution in [3.63, 3.8) is 0 Å². The average Bonchev–Trinajstić information content (AvgIpc) is 3.10. The highest BCUT2D eigenvalue weighted by Crippen LogP contribution is 2.32. The van der Waals surface area contributed by atoms with E-state index in [9.17, 15) is 5.11 Å². The van der Waals surface area contributed by atoms with Crippen molar-refractivity contribution in [1.82, 2.24) is 20.1 Å². The first-order chi connectivity index (χ1) is 11.8. The highest BCUT2D eigenvalue weighted by molar-refractivity contribution is 5.53. The smallest absolute Gasteiger partial charge is 0.181 e. The molecule has 2 fully saturated rings. The highest BCUT2D eigenvalue weighted by Gasteiger charge is 2.40. The van der Waals surface area contributed by atoms with E-state index in [2.05, 4.69) is 15.1 Å². The van der Waals surface area contributed by atoms with Crippen molar-refractivity contribution in [3.05, 3.63) is 36.2 Å². The van der Waals surface area contributed by atoms with Crippen LogP contribution in [0, 0.1) is 5.41 Å². The Kier molecular flexibility index (Phi) is 4.35. The summed E-state index contributed by atoms with van der Waals surface area (Å²) in [5, 5.41) is 17.1. The second-order valence-corrected chi connectivity index (χ2v) is 7.11. The van der Waals surface area contributed by atoms with Crippen LogP contribution in [0.15, 0.2) is 30.3 Å². The third-order valence-corrected chi connectivity index (χ3v) is 5.22. The Morgan fingerprint density at radius 1 is 1.21 bits per heavy atom. The molecule has 0 radical (unpaired) electrons. The number of hydrogen-bond donors (Lipinski definition) is 2. The first-order valence-electron chi connectivity index (χ1n) is 8.67. The lowest BCUT2D eigenvalue weighted by Gasteiger charge is -2.44. The fourth-order valence-corrected chi connectivity index (χ4v) is 3.64. The average molecular weight is 328 g/mol. The maximum Gasteiger partial charge on any atom is 0.181 e. The fraction of sp³-hybridized carbons (Fsp3) is 0.556. The first kappa shape index (κ1) is 15.7. The van der Waals surface area contributed by atoms with E-state index in [1.807, 2.05) is 30.3 Å². The van der Waals surface area contributed by atoms with Gasteiger partial charge in [-0.15, -0.1) is 0 Å². The largest absolute Gasteiger partial charge is 0.396 e. The zero-order valence-corrected chi connectivity index (χ0v) is 13.8. The number of ether oxygens (including phenoxy) is 1. The Labute approximate surface area is 141 Å². The summed E-state index contributed by atoms with van der Waals surface area (Å²) in [7, 11) is 0. The molecule has 128 valence electrons. The molecule has 6 heteroatoms. The second-order valence-electron chi connectivity index (χ2n) is 7.11. The van der Waals surface area contributed by atoms with Crippen LogP contribution < -0.4 is 0 Å². The standard InChI is InChI=1S/C18H24N4O2/c23-11-18(12-24-13-18)10-22-8-6-15(7-9-22)17-19-16(20-21-17)14-4-2-1-3-5-14/h1-5,15,23H,6-13H2,(H,19,20,21). The molecular formula is C18H24N4O2. The summed E-state index contributed by atoms with van der Waals surface area (Å²) in [6.07, 6.45) is 2.15. The number of likely N-dealkylation sites (tertiary alicyclic amines) is 1.